The first-order valence-corrected chi connectivity index (χ1v) is 6.99. The van der Waals surface area contributed by atoms with Crippen molar-refractivity contribution in [3.8, 4) is 0 Å². The summed E-state index contributed by atoms with van der Waals surface area (Å²) in [5.41, 5.74) is 5.60. The van der Waals surface area contributed by atoms with E-state index in [9.17, 15) is 8.42 Å². The second-order valence-corrected chi connectivity index (χ2v) is 5.41. The molecular weight excluding hydrogens is 258 g/mol. The smallest absolute Gasteiger partial charge is 0.209 e. The Morgan fingerprint density at radius 2 is 2.17 bits per heavy atom. The van der Waals surface area contributed by atoms with Gasteiger partial charge in [-0.25, -0.2) is 23.5 Å². The molecule has 102 valence electrons. The molecule has 1 heterocycles. The highest BCUT2D eigenvalue weighted by molar-refractivity contribution is 7.89. The van der Waals surface area contributed by atoms with E-state index in [1.165, 1.54) is 7.11 Å². The molecule has 5 N–H and O–H groups in total. The largest absolute Gasteiger partial charge is 0.384 e. The lowest BCUT2D eigenvalue weighted by atomic mass is 10.4. The van der Waals surface area contributed by atoms with Gasteiger partial charge in [-0.2, -0.15) is 0 Å². The molecule has 0 aliphatic heterocycles. The molecule has 0 aliphatic carbocycles. The summed E-state index contributed by atoms with van der Waals surface area (Å²) in [6.45, 7) is 0.691. The Balaban J connectivity index is 2.51. The molecular formula is C9H17N5O3S. The third kappa shape index (κ3) is 5.75. The maximum atomic E-state index is 10.7. The first kappa shape index (κ1) is 14.6. The number of aromatic nitrogens is 2. The minimum absolute atomic E-state index is 0.0779. The van der Waals surface area contributed by atoms with Crippen molar-refractivity contribution in [3.05, 3.63) is 11.9 Å². The quantitative estimate of drug-likeness (QED) is 0.560. The molecule has 0 amide bonds. The Kier molecular flexibility index (Phi) is 5.25. The van der Waals surface area contributed by atoms with E-state index >= 15 is 0 Å². The van der Waals surface area contributed by atoms with Crippen LogP contribution < -0.4 is 16.2 Å². The summed E-state index contributed by atoms with van der Waals surface area (Å²) in [5.74, 6) is 1.24. The van der Waals surface area contributed by atoms with Crippen LogP contribution in [0.3, 0.4) is 0 Å². The summed E-state index contributed by atoms with van der Waals surface area (Å²) in [7, 11) is -1.89. The summed E-state index contributed by atoms with van der Waals surface area (Å²) < 4.78 is 26.4. The number of nitrogens with one attached hydrogen (secondary N) is 1. The average Bonchev–Trinajstić information content (AvgIpc) is 2.23. The first-order valence-electron chi connectivity index (χ1n) is 5.27. The summed E-state index contributed by atoms with van der Waals surface area (Å²) in [5, 5.41) is 7.84. The maximum absolute atomic E-state index is 10.7. The summed E-state index contributed by atoms with van der Waals surface area (Å²) in [6.07, 6.45) is 0.391. The third-order valence-electron chi connectivity index (χ3n) is 1.98. The van der Waals surface area contributed by atoms with Gasteiger partial charge in [0.1, 0.15) is 18.2 Å². The fourth-order valence-electron chi connectivity index (χ4n) is 1.29. The molecule has 0 aliphatic rings. The van der Waals surface area contributed by atoms with E-state index < -0.39 is 10.0 Å². The fraction of sp³-hybridized carbons (Fsp3) is 0.556. The molecule has 1 rings (SSSR count). The van der Waals surface area contributed by atoms with Crippen molar-refractivity contribution >= 4 is 21.7 Å². The van der Waals surface area contributed by atoms with Crippen LogP contribution in [0.25, 0.3) is 0 Å². The fourth-order valence-corrected chi connectivity index (χ4v) is 1.84. The number of anilines is 2. The molecule has 0 saturated heterocycles. The van der Waals surface area contributed by atoms with Gasteiger partial charge in [0.05, 0.1) is 5.75 Å². The highest BCUT2D eigenvalue weighted by Gasteiger charge is 2.04. The number of nitrogens with two attached hydrogens (primary N) is 2. The van der Waals surface area contributed by atoms with Gasteiger partial charge in [0, 0.05) is 19.7 Å². The number of rotatable bonds is 7. The maximum Gasteiger partial charge on any atom is 0.209 e. The van der Waals surface area contributed by atoms with Gasteiger partial charge in [-0.3, -0.25) is 0 Å². The van der Waals surface area contributed by atoms with Gasteiger partial charge in [0.2, 0.25) is 10.0 Å². The van der Waals surface area contributed by atoms with Crippen LogP contribution in [0.15, 0.2) is 6.07 Å². The highest BCUT2D eigenvalue weighted by Crippen LogP contribution is 2.08. The summed E-state index contributed by atoms with van der Waals surface area (Å²) >= 11 is 0. The van der Waals surface area contributed by atoms with E-state index in [-0.39, 0.29) is 12.4 Å². The van der Waals surface area contributed by atoms with Crippen molar-refractivity contribution in [3.63, 3.8) is 0 Å². The molecule has 9 heteroatoms. The predicted octanol–water partition coefficient (Wildman–Crippen LogP) is -0.704. The summed E-state index contributed by atoms with van der Waals surface area (Å²) in [4.78, 5) is 8.13. The van der Waals surface area contributed by atoms with Crippen LogP contribution in [0.5, 0.6) is 0 Å². The first-order chi connectivity index (χ1) is 8.40. The molecule has 18 heavy (non-hydrogen) atoms. The molecule has 0 bridgehead atoms. The van der Waals surface area contributed by atoms with Crippen molar-refractivity contribution in [1.82, 2.24) is 9.97 Å². The zero-order chi connectivity index (χ0) is 13.6. The average molecular weight is 275 g/mol. The van der Waals surface area contributed by atoms with Crippen molar-refractivity contribution in [2.45, 2.75) is 13.0 Å². The van der Waals surface area contributed by atoms with E-state index in [0.717, 1.165) is 0 Å². The van der Waals surface area contributed by atoms with Crippen LogP contribution in [-0.2, 0) is 21.4 Å². The topological polar surface area (TPSA) is 133 Å². The van der Waals surface area contributed by atoms with Crippen LogP contribution in [0.1, 0.15) is 12.2 Å². The number of sulfonamides is 1. The van der Waals surface area contributed by atoms with E-state index in [0.29, 0.717) is 30.4 Å². The van der Waals surface area contributed by atoms with Gasteiger partial charge in [-0.05, 0) is 6.42 Å². The summed E-state index contributed by atoms with van der Waals surface area (Å²) in [6, 6.07) is 1.57. The van der Waals surface area contributed by atoms with E-state index in [4.69, 9.17) is 15.6 Å². The second-order valence-electron chi connectivity index (χ2n) is 3.67. The SMILES string of the molecule is COCc1nc(N)cc(NCCCS(N)(=O)=O)n1. The minimum atomic E-state index is -3.42. The highest BCUT2D eigenvalue weighted by atomic mass is 32.2. The molecule has 0 aromatic carbocycles. The number of methoxy groups -OCH3 is 1. The molecule has 0 atom stereocenters. The molecule has 0 radical (unpaired) electrons. The lowest BCUT2D eigenvalue weighted by molar-refractivity contribution is 0.178. The Morgan fingerprint density at radius 1 is 1.44 bits per heavy atom. The van der Waals surface area contributed by atoms with Gasteiger partial charge >= 0.3 is 0 Å². The van der Waals surface area contributed by atoms with Gasteiger partial charge in [-0.15, -0.1) is 0 Å². The van der Waals surface area contributed by atoms with Crippen LogP contribution in [0.4, 0.5) is 11.6 Å². The Hall–Kier alpha value is -1.45. The van der Waals surface area contributed by atoms with Crippen LogP contribution in [-0.4, -0.2) is 37.8 Å². The Bertz CT molecular complexity index is 491. The molecule has 8 nitrogen and oxygen atoms in total. The Morgan fingerprint density at radius 3 is 2.78 bits per heavy atom. The molecule has 1 aromatic heterocycles. The third-order valence-corrected chi connectivity index (χ3v) is 2.84. The Labute approximate surface area is 106 Å². The molecule has 0 fully saturated rings. The van der Waals surface area contributed by atoms with Gasteiger partial charge in [-0.1, -0.05) is 0 Å². The zero-order valence-electron chi connectivity index (χ0n) is 10.1. The van der Waals surface area contributed by atoms with Gasteiger partial charge in [0.15, 0.2) is 5.82 Å². The van der Waals surface area contributed by atoms with E-state index in [1.807, 2.05) is 0 Å². The minimum Gasteiger partial charge on any atom is -0.384 e. The number of hydrogen-bond donors (Lipinski definition) is 3. The van der Waals surface area contributed by atoms with Crippen molar-refractivity contribution < 1.29 is 13.2 Å². The van der Waals surface area contributed by atoms with Crippen LogP contribution in [0, 0.1) is 0 Å². The number of hydrogen-bond acceptors (Lipinski definition) is 7. The molecule has 0 spiro atoms. The standard InChI is InChI=1S/C9H17N5O3S/c1-17-6-9-13-7(10)5-8(14-9)12-3-2-4-18(11,15)16/h5H,2-4,6H2,1H3,(H2,11,15,16)(H3,10,12,13,14). The monoisotopic (exact) mass is 275 g/mol. The van der Waals surface area contributed by atoms with Crippen molar-refractivity contribution in [1.29, 1.82) is 0 Å². The number of primary sulfonamides is 1. The normalized spacial score (nSPS) is 11.4. The number of nitrogens with zero attached hydrogens (tertiary/aromatic N) is 2. The van der Waals surface area contributed by atoms with Crippen LogP contribution in [0.2, 0.25) is 0 Å². The molecule has 0 saturated carbocycles. The molecule has 0 unspecified atom stereocenters. The van der Waals surface area contributed by atoms with Gasteiger partial charge in [0.25, 0.3) is 0 Å². The molecule has 1 aromatic rings. The zero-order valence-corrected chi connectivity index (χ0v) is 10.9. The second kappa shape index (κ2) is 6.47. The van der Waals surface area contributed by atoms with Crippen molar-refractivity contribution in [2.75, 3.05) is 30.5 Å². The van der Waals surface area contributed by atoms with Crippen LogP contribution >= 0.6 is 0 Å². The predicted molar refractivity (Wildman–Crippen MR) is 68.2 cm³/mol. The lowest BCUT2D eigenvalue weighted by Crippen LogP contribution is -2.19. The van der Waals surface area contributed by atoms with E-state index in [1.54, 1.807) is 6.07 Å². The number of ether oxygens (including phenoxy) is 1. The lowest BCUT2D eigenvalue weighted by Gasteiger charge is -2.07. The van der Waals surface area contributed by atoms with Gasteiger partial charge < -0.3 is 15.8 Å². The van der Waals surface area contributed by atoms with E-state index in [2.05, 4.69) is 15.3 Å². The number of nitrogen functional groups attached to an aromatic ring is 1. The van der Waals surface area contributed by atoms with Crippen molar-refractivity contribution in [2.24, 2.45) is 5.14 Å².